The fourth-order valence-corrected chi connectivity index (χ4v) is 1.36. The normalized spacial score (nSPS) is 8.71. The molecule has 0 aliphatic heterocycles. The Labute approximate surface area is 118 Å². The fourth-order valence-electron chi connectivity index (χ4n) is 1.36. The van der Waals surface area contributed by atoms with Gasteiger partial charge in [-0.15, -0.1) is 0 Å². The number of rotatable bonds is 0. The van der Waals surface area contributed by atoms with Gasteiger partial charge in [0.05, 0.1) is 0 Å². The number of hydrogen-bond donors (Lipinski definition) is 0. The van der Waals surface area contributed by atoms with Crippen molar-refractivity contribution in [2.24, 2.45) is 0 Å². The van der Waals surface area contributed by atoms with E-state index in [0.29, 0.717) is 0 Å². The largest absolute Gasteiger partial charge is 0.258 e. The summed E-state index contributed by atoms with van der Waals surface area (Å²) in [5.41, 5.74) is 4.35. The molecule has 2 nitrogen and oxygen atoms in total. The smallest absolute Gasteiger partial charge is 0.0375 e. The van der Waals surface area contributed by atoms with E-state index in [1.165, 1.54) is 0 Å². The summed E-state index contributed by atoms with van der Waals surface area (Å²) in [6.45, 7) is 7.97. The zero-order valence-corrected chi connectivity index (χ0v) is 12.8. The Morgan fingerprint density at radius 2 is 0.824 bits per heavy atom. The van der Waals surface area contributed by atoms with E-state index in [9.17, 15) is 0 Å². The zero-order valence-electron chi connectivity index (χ0n) is 10.8. The fraction of sp³-hybridized carbons (Fsp3) is 0.286. The van der Waals surface area contributed by atoms with E-state index in [-0.39, 0.29) is 21.1 Å². The van der Waals surface area contributed by atoms with Crippen LogP contribution in [0.1, 0.15) is 22.8 Å². The van der Waals surface area contributed by atoms with Crippen LogP contribution >= 0.6 is 0 Å². The third-order valence-corrected chi connectivity index (χ3v) is 2.06. The summed E-state index contributed by atoms with van der Waals surface area (Å²) in [6, 6.07) is 12.0. The summed E-state index contributed by atoms with van der Waals surface area (Å²) in [5, 5.41) is 0. The Kier molecular flexibility index (Phi) is 7.65. The summed E-state index contributed by atoms with van der Waals surface area (Å²) in [6.07, 6.45) is 0. The van der Waals surface area contributed by atoms with Crippen LogP contribution in [0.3, 0.4) is 0 Å². The van der Waals surface area contributed by atoms with Crippen LogP contribution < -0.4 is 0 Å². The molecular weight excluding hydrogens is 292 g/mol. The summed E-state index contributed by atoms with van der Waals surface area (Å²) < 4.78 is 0. The van der Waals surface area contributed by atoms with Crippen molar-refractivity contribution in [2.75, 3.05) is 0 Å². The topological polar surface area (TPSA) is 25.8 Å². The van der Waals surface area contributed by atoms with E-state index in [0.717, 1.165) is 22.8 Å². The van der Waals surface area contributed by atoms with Gasteiger partial charge in [0.15, 0.2) is 0 Å². The van der Waals surface area contributed by atoms with Crippen molar-refractivity contribution in [3.8, 4) is 0 Å². The van der Waals surface area contributed by atoms with Crippen LogP contribution in [0.4, 0.5) is 0 Å². The van der Waals surface area contributed by atoms with Crippen LogP contribution in [0.25, 0.3) is 0 Å². The molecule has 2 heterocycles. The van der Waals surface area contributed by atoms with Gasteiger partial charge < -0.3 is 0 Å². The van der Waals surface area contributed by atoms with Crippen molar-refractivity contribution in [1.82, 2.24) is 9.97 Å². The van der Waals surface area contributed by atoms with E-state index < -0.39 is 0 Å². The first-order valence-electron chi connectivity index (χ1n) is 5.38. The molecule has 0 spiro atoms. The minimum atomic E-state index is 0. The minimum absolute atomic E-state index is 0. The van der Waals surface area contributed by atoms with Crippen molar-refractivity contribution < 1.29 is 21.1 Å². The van der Waals surface area contributed by atoms with Crippen LogP contribution in [0.15, 0.2) is 36.4 Å². The second-order valence-corrected chi connectivity index (χ2v) is 3.84. The monoisotopic (exact) mass is 312 g/mol. The Morgan fingerprint density at radius 3 is 0.941 bits per heavy atom. The second-order valence-electron chi connectivity index (χ2n) is 3.84. The van der Waals surface area contributed by atoms with E-state index in [1.54, 1.807) is 0 Å². The van der Waals surface area contributed by atoms with Crippen LogP contribution in [-0.2, 0) is 21.1 Å². The molecule has 0 fully saturated rings. The van der Waals surface area contributed by atoms with Gasteiger partial charge in [-0.05, 0) is 52.0 Å². The van der Waals surface area contributed by atoms with E-state index >= 15 is 0 Å². The molecule has 0 amide bonds. The van der Waals surface area contributed by atoms with Crippen molar-refractivity contribution >= 4 is 0 Å². The SMILES string of the molecule is Cc1cccc(C)n1.Cc1cccc(C)n1.[Mo]. The number of aryl methyl sites for hydroxylation is 4. The van der Waals surface area contributed by atoms with Gasteiger partial charge in [-0.1, -0.05) is 12.1 Å². The Hall–Kier alpha value is -1.01. The molecule has 0 aliphatic carbocycles. The van der Waals surface area contributed by atoms with Gasteiger partial charge in [-0.25, -0.2) is 0 Å². The van der Waals surface area contributed by atoms with Gasteiger partial charge >= 0.3 is 0 Å². The van der Waals surface area contributed by atoms with Gasteiger partial charge in [0, 0.05) is 43.8 Å². The Balaban J connectivity index is 0.000000284. The number of pyridine rings is 2. The van der Waals surface area contributed by atoms with Crippen molar-refractivity contribution in [3.05, 3.63) is 59.2 Å². The Bertz CT molecular complexity index is 377. The van der Waals surface area contributed by atoms with Gasteiger partial charge in [0.1, 0.15) is 0 Å². The Morgan fingerprint density at radius 1 is 0.588 bits per heavy atom. The average molecular weight is 310 g/mol. The number of aromatic nitrogens is 2. The molecule has 3 heteroatoms. The molecule has 0 atom stereocenters. The van der Waals surface area contributed by atoms with Gasteiger partial charge in [-0.2, -0.15) is 0 Å². The molecule has 0 aromatic carbocycles. The molecule has 0 radical (unpaired) electrons. The van der Waals surface area contributed by atoms with Crippen LogP contribution in [0, 0.1) is 27.7 Å². The average Bonchev–Trinajstić information content (AvgIpc) is 2.17. The van der Waals surface area contributed by atoms with Crippen molar-refractivity contribution in [2.45, 2.75) is 27.7 Å². The summed E-state index contributed by atoms with van der Waals surface area (Å²) >= 11 is 0. The maximum absolute atomic E-state index is 4.17. The standard InChI is InChI=1S/2C7H9N.Mo/c2*1-6-4-3-5-7(2)8-6;/h2*3-5H,1-2H3;. The van der Waals surface area contributed by atoms with E-state index in [1.807, 2.05) is 64.1 Å². The quantitative estimate of drug-likeness (QED) is 0.697. The van der Waals surface area contributed by atoms with Crippen molar-refractivity contribution in [3.63, 3.8) is 0 Å². The van der Waals surface area contributed by atoms with Gasteiger partial charge in [0.25, 0.3) is 0 Å². The van der Waals surface area contributed by atoms with Crippen LogP contribution in [-0.4, -0.2) is 9.97 Å². The molecule has 0 bridgehead atoms. The molecule has 0 N–H and O–H groups in total. The molecule has 0 saturated heterocycles. The maximum atomic E-state index is 4.17. The van der Waals surface area contributed by atoms with Gasteiger partial charge in [0.2, 0.25) is 0 Å². The predicted molar refractivity (Wildman–Crippen MR) is 67.4 cm³/mol. The molecule has 2 aromatic heterocycles. The van der Waals surface area contributed by atoms with Crippen molar-refractivity contribution in [1.29, 1.82) is 0 Å². The molecule has 2 aromatic rings. The first-order chi connectivity index (χ1) is 7.58. The summed E-state index contributed by atoms with van der Waals surface area (Å²) in [7, 11) is 0. The van der Waals surface area contributed by atoms with E-state index in [2.05, 4.69) is 9.97 Å². The predicted octanol–water partition coefficient (Wildman–Crippen LogP) is 3.39. The zero-order chi connectivity index (χ0) is 12.0. The molecule has 0 aliphatic rings. The maximum Gasteiger partial charge on any atom is 0.0375 e. The number of hydrogen-bond acceptors (Lipinski definition) is 2. The third kappa shape index (κ3) is 7.01. The number of nitrogens with zero attached hydrogens (tertiary/aromatic N) is 2. The summed E-state index contributed by atoms with van der Waals surface area (Å²) in [4.78, 5) is 8.35. The summed E-state index contributed by atoms with van der Waals surface area (Å²) in [5.74, 6) is 0. The second kappa shape index (κ2) is 8.13. The third-order valence-electron chi connectivity index (χ3n) is 2.06. The molecular formula is C14H18MoN2. The van der Waals surface area contributed by atoms with E-state index in [4.69, 9.17) is 0 Å². The first kappa shape index (κ1) is 16.0. The first-order valence-corrected chi connectivity index (χ1v) is 5.38. The van der Waals surface area contributed by atoms with Crippen LogP contribution in [0.5, 0.6) is 0 Å². The van der Waals surface area contributed by atoms with Crippen LogP contribution in [0.2, 0.25) is 0 Å². The van der Waals surface area contributed by atoms with Gasteiger partial charge in [-0.3, -0.25) is 9.97 Å². The molecule has 2 rings (SSSR count). The molecule has 17 heavy (non-hydrogen) atoms. The molecule has 0 unspecified atom stereocenters. The minimum Gasteiger partial charge on any atom is -0.258 e. The molecule has 0 saturated carbocycles. The molecule has 90 valence electrons.